The number of benzene rings is 3. The molecule has 3 aromatic carbocycles. The molecule has 0 fully saturated rings. The second kappa shape index (κ2) is 9.16. The van der Waals surface area contributed by atoms with Gasteiger partial charge in [0.15, 0.2) is 0 Å². The van der Waals surface area contributed by atoms with Crippen molar-refractivity contribution in [3.8, 4) is 0 Å². The molecule has 3 aromatic heterocycles. The van der Waals surface area contributed by atoms with Crippen LogP contribution in [0.3, 0.4) is 0 Å². The van der Waals surface area contributed by atoms with E-state index in [0.717, 1.165) is 16.7 Å². The van der Waals surface area contributed by atoms with E-state index in [4.69, 9.17) is 5.73 Å². The summed E-state index contributed by atoms with van der Waals surface area (Å²) in [5.41, 5.74) is 16.9. The summed E-state index contributed by atoms with van der Waals surface area (Å²) in [6.45, 7) is 9.19. The van der Waals surface area contributed by atoms with Crippen LogP contribution in [-0.4, -0.2) is 15.0 Å². The van der Waals surface area contributed by atoms with Gasteiger partial charge in [-0.15, -0.1) is 0 Å². The molecule has 0 bridgehead atoms. The summed E-state index contributed by atoms with van der Waals surface area (Å²) < 4.78 is 0. The number of H-pyrrole nitrogens is 2. The highest BCUT2D eigenvalue weighted by molar-refractivity contribution is 5.88. The minimum absolute atomic E-state index is 0.0380. The molecule has 2 atom stereocenters. The van der Waals surface area contributed by atoms with Crippen LogP contribution in [-0.2, 0) is 10.8 Å². The number of aromatic amines is 2. The predicted molar refractivity (Wildman–Crippen MR) is 170 cm³/mol. The standard InChI is InChI=1S/C18H19N3.C17H17N3/c1-18(2)14-5-3-4-6-16(14)21-17(18)13-10-20-15-8-7-11(19)9-12(13)15;1-17(2)13-5-3-4-6-14(13)20-16(17)12-9-19-15-10-18-8-7-11(12)15/h3-10,17,20-21H,19H2,1-2H3;3-10,16,19-20H,1-2H3. The number of pyridine rings is 1. The van der Waals surface area contributed by atoms with Crippen LogP contribution in [0.25, 0.3) is 21.8 Å². The van der Waals surface area contributed by atoms with Crippen molar-refractivity contribution in [2.75, 3.05) is 16.4 Å². The Morgan fingerprint density at radius 3 is 1.83 bits per heavy atom. The van der Waals surface area contributed by atoms with Gasteiger partial charge in [0.25, 0.3) is 0 Å². The topological polar surface area (TPSA) is 94.5 Å². The molecule has 0 aliphatic carbocycles. The van der Waals surface area contributed by atoms with Gasteiger partial charge in [-0.25, -0.2) is 0 Å². The highest BCUT2D eigenvalue weighted by Gasteiger charge is 2.42. The Bertz CT molecular complexity index is 1890. The van der Waals surface area contributed by atoms with E-state index in [-0.39, 0.29) is 22.9 Å². The lowest BCUT2D eigenvalue weighted by Gasteiger charge is -2.27. The number of nitrogens with one attached hydrogen (secondary N) is 4. The highest BCUT2D eigenvalue weighted by Crippen LogP contribution is 2.50. The average molecular weight is 541 g/mol. The minimum atomic E-state index is 0.0380. The maximum absolute atomic E-state index is 5.97. The van der Waals surface area contributed by atoms with Gasteiger partial charge in [0.05, 0.1) is 23.8 Å². The number of rotatable bonds is 2. The van der Waals surface area contributed by atoms with E-state index in [9.17, 15) is 0 Å². The molecule has 6 aromatic rings. The van der Waals surface area contributed by atoms with Crippen molar-refractivity contribution in [2.24, 2.45) is 0 Å². The van der Waals surface area contributed by atoms with E-state index >= 15 is 0 Å². The van der Waals surface area contributed by atoms with Crippen LogP contribution >= 0.6 is 0 Å². The largest absolute Gasteiger partial charge is 0.399 e. The van der Waals surface area contributed by atoms with Gasteiger partial charge in [-0.05, 0) is 47.5 Å². The molecule has 6 nitrogen and oxygen atoms in total. The smallest absolute Gasteiger partial charge is 0.0644 e. The molecule has 0 radical (unpaired) electrons. The van der Waals surface area contributed by atoms with Gasteiger partial charge < -0.3 is 26.3 Å². The predicted octanol–water partition coefficient (Wildman–Crippen LogP) is 8.20. The van der Waals surface area contributed by atoms with Crippen molar-refractivity contribution in [1.82, 2.24) is 15.0 Å². The van der Waals surface area contributed by atoms with Crippen LogP contribution in [0.4, 0.5) is 17.1 Å². The molecule has 0 amide bonds. The Kier molecular flexibility index (Phi) is 5.65. The van der Waals surface area contributed by atoms with E-state index in [0.29, 0.717) is 0 Å². The van der Waals surface area contributed by atoms with Gasteiger partial charge in [0.1, 0.15) is 0 Å². The molecule has 2 aliphatic rings. The van der Waals surface area contributed by atoms with Gasteiger partial charge in [-0.3, -0.25) is 4.98 Å². The lowest BCUT2D eigenvalue weighted by Crippen LogP contribution is -2.25. The number of nitrogens with two attached hydrogens (primary N) is 1. The second-order valence-corrected chi connectivity index (χ2v) is 12.4. The molecule has 41 heavy (non-hydrogen) atoms. The molecule has 0 spiro atoms. The van der Waals surface area contributed by atoms with Crippen molar-refractivity contribution in [3.05, 3.63) is 120 Å². The number of hydrogen-bond acceptors (Lipinski definition) is 4. The number of para-hydroxylation sites is 2. The van der Waals surface area contributed by atoms with Crippen LogP contribution in [0.2, 0.25) is 0 Å². The third-order valence-electron chi connectivity index (χ3n) is 9.16. The Balaban J connectivity index is 0.000000135. The highest BCUT2D eigenvalue weighted by atomic mass is 15.0. The number of fused-ring (bicyclic) bond motifs is 4. The molecule has 6 N–H and O–H groups in total. The molecular formula is C35H36N6. The van der Waals surface area contributed by atoms with E-state index in [1.54, 1.807) is 0 Å². The first-order chi connectivity index (χ1) is 19.7. The Hall–Kier alpha value is -4.71. The third-order valence-corrected chi connectivity index (χ3v) is 9.16. The Morgan fingerprint density at radius 1 is 0.659 bits per heavy atom. The summed E-state index contributed by atoms with van der Waals surface area (Å²) in [5.74, 6) is 0. The van der Waals surface area contributed by atoms with Crippen LogP contribution < -0.4 is 16.4 Å². The first-order valence-electron chi connectivity index (χ1n) is 14.2. The molecule has 206 valence electrons. The van der Waals surface area contributed by atoms with Crippen LogP contribution in [0.5, 0.6) is 0 Å². The van der Waals surface area contributed by atoms with E-state index in [2.05, 4.69) is 126 Å². The molecule has 0 saturated heterocycles. The van der Waals surface area contributed by atoms with Crippen LogP contribution in [0, 0.1) is 0 Å². The van der Waals surface area contributed by atoms with Crippen LogP contribution in [0.1, 0.15) is 62.0 Å². The summed E-state index contributed by atoms with van der Waals surface area (Å²) >= 11 is 0. The number of anilines is 3. The Labute approximate surface area is 240 Å². The fourth-order valence-electron chi connectivity index (χ4n) is 6.89. The van der Waals surface area contributed by atoms with Gasteiger partial charge in [-0.1, -0.05) is 64.1 Å². The van der Waals surface area contributed by atoms with E-state index in [1.807, 2.05) is 24.5 Å². The normalized spacial score (nSPS) is 19.6. The fourth-order valence-corrected chi connectivity index (χ4v) is 6.89. The van der Waals surface area contributed by atoms with Crippen molar-refractivity contribution in [1.29, 1.82) is 0 Å². The lowest BCUT2D eigenvalue weighted by molar-refractivity contribution is 0.476. The monoisotopic (exact) mass is 540 g/mol. The maximum atomic E-state index is 5.97. The number of hydrogen-bond donors (Lipinski definition) is 5. The first kappa shape index (κ1) is 25.3. The molecule has 0 saturated carbocycles. The third kappa shape index (κ3) is 3.97. The first-order valence-corrected chi connectivity index (χ1v) is 14.2. The zero-order valence-corrected chi connectivity index (χ0v) is 23.9. The maximum Gasteiger partial charge on any atom is 0.0644 e. The lowest BCUT2D eigenvalue weighted by atomic mass is 9.78. The fraction of sp³-hybridized carbons (Fsp3) is 0.229. The summed E-state index contributed by atoms with van der Waals surface area (Å²) in [7, 11) is 0. The molecule has 2 aliphatic heterocycles. The molecule has 2 unspecified atom stereocenters. The van der Waals surface area contributed by atoms with Gasteiger partial charge in [-0.2, -0.15) is 0 Å². The van der Waals surface area contributed by atoms with Gasteiger partial charge >= 0.3 is 0 Å². The summed E-state index contributed by atoms with van der Waals surface area (Å²) in [5, 5.41) is 9.81. The van der Waals surface area contributed by atoms with E-state index < -0.39 is 0 Å². The van der Waals surface area contributed by atoms with Crippen molar-refractivity contribution < 1.29 is 0 Å². The average Bonchev–Trinajstić information content (AvgIpc) is 3.71. The zero-order valence-electron chi connectivity index (χ0n) is 23.9. The second-order valence-electron chi connectivity index (χ2n) is 12.4. The van der Waals surface area contributed by atoms with Crippen molar-refractivity contribution >= 4 is 38.9 Å². The number of nitrogen functional groups attached to an aromatic ring is 1. The molecule has 6 heteroatoms. The summed E-state index contributed by atoms with van der Waals surface area (Å²) in [6, 6.07) is 25.8. The van der Waals surface area contributed by atoms with Crippen LogP contribution in [0.15, 0.2) is 97.6 Å². The summed E-state index contributed by atoms with van der Waals surface area (Å²) in [6.07, 6.45) is 7.95. The quantitative estimate of drug-likeness (QED) is 0.143. The molecular weight excluding hydrogens is 504 g/mol. The Morgan fingerprint density at radius 2 is 1.22 bits per heavy atom. The van der Waals surface area contributed by atoms with Crippen molar-refractivity contribution in [3.63, 3.8) is 0 Å². The SMILES string of the molecule is CC1(C)c2ccccc2NC1c1c[nH]c2ccc(N)cc12.CC1(C)c2ccccc2NC1c1c[nH]c2cnccc12. The van der Waals surface area contributed by atoms with Gasteiger partial charge in [0, 0.05) is 73.9 Å². The number of aromatic nitrogens is 3. The zero-order chi connectivity index (χ0) is 28.4. The number of nitrogens with zero attached hydrogens (tertiary/aromatic N) is 1. The summed E-state index contributed by atoms with van der Waals surface area (Å²) in [4.78, 5) is 10.9. The van der Waals surface area contributed by atoms with E-state index in [1.165, 1.54) is 44.4 Å². The van der Waals surface area contributed by atoms with Gasteiger partial charge in [0.2, 0.25) is 0 Å². The molecule has 8 rings (SSSR count). The molecule has 5 heterocycles. The van der Waals surface area contributed by atoms with Crippen molar-refractivity contribution in [2.45, 2.75) is 50.6 Å². The minimum Gasteiger partial charge on any atom is -0.399 e.